The van der Waals surface area contributed by atoms with Crippen molar-refractivity contribution in [2.24, 2.45) is 0 Å². The quantitative estimate of drug-likeness (QED) is 0.803. The van der Waals surface area contributed by atoms with E-state index in [4.69, 9.17) is 9.47 Å². The number of thioether (sulfide) groups is 1. The van der Waals surface area contributed by atoms with E-state index in [0.717, 1.165) is 17.1 Å². The number of hydrogen-bond donors (Lipinski definition) is 1. The molecule has 0 bridgehead atoms. The maximum atomic E-state index is 5.92. The van der Waals surface area contributed by atoms with Gasteiger partial charge in [0.1, 0.15) is 6.61 Å². The Balaban J connectivity index is 1.64. The molecule has 1 aliphatic rings. The van der Waals surface area contributed by atoms with Crippen LogP contribution >= 0.6 is 11.8 Å². The summed E-state index contributed by atoms with van der Waals surface area (Å²) in [6.45, 7) is 2.72. The summed E-state index contributed by atoms with van der Waals surface area (Å²) in [5, 5.41) is 3.75. The Labute approximate surface area is 154 Å². The van der Waals surface area contributed by atoms with E-state index in [1.165, 1.54) is 29.9 Å². The highest BCUT2D eigenvalue weighted by Gasteiger charge is 2.17. The number of ether oxygens (including phenoxy) is 2. The molecule has 1 aliphatic heterocycles. The summed E-state index contributed by atoms with van der Waals surface area (Å²) < 4.78 is 11.5. The molecule has 1 atom stereocenters. The predicted octanol–water partition coefficient (Wildman–Crippen LogP) is 4.22. The maximum Gasteiger partial charge on any atom is 0.161 e. The number of benzene rings is 1. The lowest BCUT2D eigenvalue weighted by Gasteiger charge is -2.27. The van der Waals surface area contributed by atoms with Crippen molar-refractivity contribution in [3.8, 4) is 11.5 Å². The Morgan fingerprint density at radius 2 is 1.92 bits per heavy atom. The molecular formula is C20H26N2O2S. The average molecular weight is 359 g/mol. The van der Waals surface area contributed by atoms with E-state index in [1.807, 2.05) is 18.2 Å². The van der Waals surface area contributed by atoms with Crippen LogP contribution < -0.4 is 14.8 Å². The molecule has 1 unspecified atom stereocenters. The number of methoxy groups -OCH3 is 1. The fourth-order valence-corrected chi connectivity index (χ4v) is 4.13. The molecule has 1 fully saturated rings. The maximum absolute atomic E-state index is 5.92. The second-order valence-electron chi connectivity index (χ2n) is 6.33. The van der Waals surface area contributed by atoms with E-state index in [0.29, 0.717) is 18.7 Å². The fourth-order valence-electron chi connectivity index (χ4n) is 3.03. The molecule has 0 spiro atoms. The minimum absolute atomic E-state index is 0.302. The zero-order valence-electron chi connectivity index (χ0n) is 14.9. The van der Waals surface area contributed by atoms with E-state index < -0.39 is 0 Å². The van der Waals surface area contributed by atoms with Gasteiger partial charge in [-0.05, 0) is 66.7 Å². The van der Waals surface area contributed by atoms with Gasteiger partial charge in [-0.3, -0.25) is 4.98 Å². The Hall–Kier alpha value is -1.72. The molecule has 0 radical (unpaired) electrons. The number of hydrogen-bond acceptors (Lipinski definition) is 5. The lowest BCUT2D eigenvalue weighted by Crippen LogP contribution is -2.34. The van der Waals surface area contributed by atoms with Gasteiger partial charge in [0.25, 0.3) is 0 Å². The number of nitrogens with zero attached hydrogens (tertiary/aromatic N) is 1. The predicted molar refractivity (Wildman–Crippen MR) is 103 cm³/mol. The molecule has 0 aliphatic carbocycles. The summed E-state index contributed by atoms with van der Waals surface area (Å²) in [4.78, 5) is 4.02. The Morgan fingerprint density at radius 1 is 1.16 bits per heavy atom. The Kier molecular flexibility index (Phi) is 6.59. The van der Waals surface area contributed by atoms with Crippen LogP contribution in [0.3, 0.4) is 0 Å². The Morgan fingerprint density at radius 3 is 2.64 bits per heavy atom. The van der Waals surface area contributed by atoms with E-state index in [-0.39, 0.29) is 0 Å². The highest BCUT2D eigenvalue weighted by Crippen LogP contribution is 2.31. The summed E-state index contributed by atoms with van der Waals surface area (Å²) in [6, 6.07) is 11.0. The van der Waals surface area contributed by atoms with Gasteiger partial charge < -0.3 is 14.8 Å². The number of aromatic nitrogens is 1. The highest BCUT2D eigenvalue weighted by atomic mass is 32.2. The van der Waals surface area contributed by atoms with Crippen molar-refractivity contribution < 1.29 is 9.47 Å². The van der Waals surface area contributed by atoms with Gasteiger partial charge in [-0.25, -0.2) is 0 Å². The molecule has 0 saturated carbocycles. The molecule has 25 heavy (non-hydrogen) atoms. The first kappa shape index (κ1) is 18.1. The summed E-state index contributed by atoms with van der Waals surface area (Å²) in [7, 11) is 1.69. The molecule has 0 amide bonds. The van der Waals surface area contributed by atoms with Crippen molar-refractivity contribution in [3.63, 3.8) is 0 Å². The van der Waals surface area contributed by atoms with Gasteiger partial charge in [0.05, 0.1) is 7.11 Å². The molecule has 1 N–H and O–H groups in total. The summed E-state index contributed by atoms with van der Waals surface area (Å²) in [6.07, 6.45) is 6.05. The first-order valence-electron chi connectivity index (χ1n) is 8.79. The highest BCUT2D eigenvalue weighted by molar-refractivity contribution is 7.99. The number of rotatable bonds is 7. The van der Waals surface area contributed by atoms with Crippen LogP contribution in [0.5, 0.6) is 11.5 Å². The van der Waals surface area contributed by atoms with Gasteiger partial charge in [0.2, 0.25) is 0 Å². The van der Waals surface area contributed by atoms with Crippen LogP contribution in [0.2, 0.25) is 0 Å². The zero-order valence-corrected chi connectivity index (χ0v) is 15.7. The lowest BCUT2D eigenvalue weighted by atomic mass is 10.0. The van der Waals surface area contributed by atoms with Gasteiger partial charge in [-0.15, -0.1) is 0 Å². The summed E-state index contributed by atoms with van der Waals surface area (Å²) in [5.41, 5.74) is 2.32. The van der Waals surface area contributed by atoms with Crippen LogP contribution in [-0.2, 0) is 6.61 Å². The molecule has 3 rings (SSSR count). The minimum Gasteiger partial charge on any atom is -0.493 e. The molecular weight excluding hydrogens is 332 g/mol. The minimum atomic E-state index is 0.302. The standard InChI is InChI=1S/C20H26N2O2S/c1-15(22-18-7-11-25-12-8-18)17-3-4-19(20(13-17)23-2)24-14-16-5-9-21-10-6-16/h3-6,9-10,13,15,18,22H,7-8,11-12,14H2,1-2H3. The van der Waals surface area contributed by atoms with E-state index in [9.17, 15) is 0 Å². The second-order valence-corrected chi connectivity index (χ2v) is 7.55. The molecule has 134 valence electrons. The third kappa shape index (κ3) is 5.13. The SMILES string of the molecule is COc1cc(C(C)NC2CCSCC2)ccc1OCc1ccncc1. The van der Waals surface area contributed by atoms with Gasteiger partial charge in [0.15, 0.2) is 11.5 Å². The van der Waals surface area contributed by atoms with Crippen LogP contribution in [-0.4, -0.2) is 29.6 Å². The molecule has 1 aromatic carbocycles. The monoisotopic (exact) mass is 358 g/mol. The first-order chi connectivity index (χ1) is 12.3. The van der Waals surface area contributed by atoms with Crippen molar-refractivity contribution in [3.05, 3.63) is 53.9 Å². The third-order valence-corrected chi connectivity index (χ3v) is 5.59. The average Bonchev–Trinajstić information content (AvgIpc) is 2.67. The van der Waals surface area contributed by atoms with Gasteiger partial charge in [0, 0.05) is 24.5 Å². The number of pyridine rings is 1. The van der Waals surface area contributed by atoms with Crippen molar-refractivity contribution in [1.29, 1.82) is 0 Å². The van der Waals surface area contributed by atoms with Gasteiger partial charge >= 0.3 is 0 Å². The topological polar surface area (TPSA) is 43.4 Å². The van der Waals surface area contributed by atoms with Crippen LogP contribution in [0.25, 0.3) is 0 Å². The van der Waals surface area contributed by atoms with Crippen LogP contribution in [0.1, 0.15) is 36.9 Å². The molecule has 1 aromatic heterocycles. The molecule has 5 heteroatoms. The number of nitrogens with one attached hydrogen (secondary N) is 1. The largest absolute Gasteiger partial charge is 0.493 e. The normalized spacial score (nSPS) is 16.4. The van der Waals surface area contributed by atoms with Crippen molar-refractivity contribution in [2.45, 2.75) is 38.5 Å². The van der Waals surface area contributed by atoms with E-state index >= 15 is 0 Å². The lowest BCUT2D eigenvalue weighted by molar-refractivity contribution is 0.284. The molecule has 1 saturated heterocycles. The first-order valence-corrected chi connectivity index (χ1v) is 9.95. The Bertz CT molecular complexity index is 660. The van der Waals surface area contributed by atoms with Crippen molar-refractivity contribution >= 4 is 11.8 Å². The van der Waals surface area contributed by atoms with Crippen molar-refractivity contribution in [2.75, 3.05) is 18.6 Å². The zero-order chi connectivity index (χ0) is 17.5. The summed E-state index contributed by atoms with van der Waals surface area (Å²) >= 11 is 2.05. The van der Waals surface area contributed by atoms with Crippen LogP contribution in [0, 0.1) is 0 Å². The van der Waals surface area contributed by atoms with E-state index in [2.05, 4.69) is 41.1 Å². The van der Waals surface area contributed by atoms with Crippen molar-refractivity contribution in [1.82, 2.24) is 10.3 Å². The molecule has 4 nitrogen and oxygen atoms in total. The molecule has 2 heterocycles. The second kappa shape index (κ2) is 9.11. The van der Waals surface area contributed by atoms with Gasteiger partial charge in [-0.2, -0.15) is 11.8 Å². The third-order valence-electron chi connectivity index (χ3n) is 4.54. The van der Waals surface area contributed by atoms with Gasteiger partial charge in [-0.1, -0.05) is 6.07 Å². The molecule has 2 aromatic rings. The van der Waals surface area contributed by atoms with E-state index in [1.54, 1.807) is 19.5 Å². The summed E-state index contributed by atoms with van der Waals surface area (Å²) in [5.74, 6) is 4.06. The smallest absolute Gasteiger partial charge is 0.161 e. The van der Waals surface area contributed by atoms with Crippen LogP contribution in [0.4, 0.5) is 0 Å². The van der Waals surface area contributed by atoms with Crippen LogP contribution in [0.15, 0.2) is 42.7 Å². The fraction of sp³-hybridized carbons (Fsp3) is 0.450.